The maximum absolute atomic E-state index is 12.1. The third kappa shape index (κ3) is 4.76. The van der Waals surface area contributed by atoms with Crippen LogP contribution >= 0.6 is 24.0 Å². The average molecular weight is 448 g/mol. The number of rotatable bonds is 4. The van der Waals surface area contributed by atoms with Crippen LogP contribution in [0.25, 0.3) is 0 Å². The lowest BCUT2D eigenvalue weighted by atomic mass is 9.86. The summed E-state index contributed by atoms with van der Waals surface area (Å²) in [4.78, 5) is 21.3. The molecule has 0 unspecified atom stereocenters. The van der Waals surface area contributed by atoms with Gasteiger partial charge in [-0.25, -0.2) is 0 Å². The van der Waals surface area contributed by atoms with Gasteiger partial charge >= 0.3 is 0 Å². The van der Waals surface area contributed by atoms with E-state index in [-0.39, 0.29) is 29.9 Å². The molecule has 0 aromatic heterocycles. The number of nitrogens with zero attached hydrogens (tertiary/aromatic N) is 3. The van der Waals surface area contributed by atoms with Gasteiger partial charge in [-0.3, -0.25) is 9.79 Å². The number of nitrogens with one attached hydrogen (secondary N) is 1. The number of carbonyl (C=O) groups is 1. The Morgan fingerprint density at radius 3 is 2.42 bits per heavy atom. The van der Waals surface area contributed by atoms with Gasteiger partial charge in [-0.2, -0.15) is 0 Å². The minimum Gasteiger partial charge on any atom is -0.357 e. The standard InChI is InChI=1S/C18H32N4O.HI/c1-2-19-17(20-11-7-16(23)21-12-5-6-13-21)22-14-10-18(15-22)8-3-4-9-18;/h2-15H2,1H3,(H,19,20);1H. The molecular formula is C18H33IN4O. The molecule has 1 N–H and O–H groups in total. The molecule has 1 spiro atoms. The molecule has 0 aromatic rings. The van der Waals surface area contributed by atoms with Crippen LogP contribution in [0.15, 0.2) is 4.99 Å². The summed E-state index contributed by atoms with van der Waals surface area (Å²) >= 11 is 0. The number of aliphatic imine (C=N–C) groups is 1. The van der Waals surface area contributed by atoms with Crippen molar-refractivity contribution in [2.75, 3.05) is 39.3 Å². The summed E-state index contributed by atoms with van der Waals surface area (Å²) in [6.07, 6.45) is 9.74. The first-order valence-corrected chi connectivity index (χ1v) is 9.53. The number of likely N-dealkylation sites (tertiary alicyclic amines) is 2. The minimum atomic E-state index is 0. The van der Waals surface area contributed by atoms with Gasteiger partial charge in [0.2, 0.25) is 5.91 Å². The van der Waals surface area contributed by atoms with E-state index in [9.17, 15) is 4.79 Å². The lowest BCUT2D eigenvalue weighted by Crippen LogP contribution is -2.41. The van der Waals surface area contributed by atoms with Crippen LogP contribution in [0.1, 0.15) is 58.3 Å². The molecule has 3 rings (SSSR count). The van der Waals surface area contributed by atoms with Gasteiger partial charge < -0.3 is 15.1 Å². The van der Waals surface area contributed by atoms with Crippen molar-refractivity contribution < 1.29 is 4.79 Å². The molecule has 138 valence electrons. The van der Waals surface area contributed by atoms with E-state index in [1.165, 1.54) is 32.1 Å². The lowest BCUT2D eigenvalue weighted by molar-refractivity contribution is -0.129. The van der Waals surface area contributed by atoms with Crippen LogP contribution in [0.4, 0.5) is 0 Å². The van der Waals surface area contributed by atoms with E-state index < -0.39 is 0 Å². The van der Waals surface area contributed by atoms with Crippen LogP contribution < -0.4 is 5.32 Å². The molecule has 0 aromatic carbocycles. The van der Waals surface area contributed by atoms with Crippen molar-refractivity contribution in [2.45, 2.75) is 58.3 Å². The van der Waals surface area contributed by atoms with Gasteiger partial charge in [0, 0.05) is 39.1 Å². The molecular weight excluding hydrogens is 415 g/mol. The molecule has 0 bridgehead atoms. The first-order chi connectivity index (χ1) is 11.2. The molecule has 1 saturated carbocycles. The van der Waals surface area contributed by atoms with Crippen LogP contribution in [-0.2, 0) is 4.79 Å². The van der Waals surface area contributed by atoms with Crippen LogP contribution in [0.3, 0.4) is 0 Å². The van der Waals surface area contributed by atoms with Crippen molar-refractivity contribution in [3.63, 3.8) is 0 Å². The molecule has 5 nitrogen and oxygen atoms in total. The van der Waals surface area contributed by atoms with Crippen molar-refractivity contribution in [1.82, 2.24) is 15.1 Å². The summed E-state index contributed by atoms with van der Waals surface area (Å²) < 4.78 is 0. The molecule has 3 fully saturated rings. The van der Waals surface area contributed by atoms with Gasteiger partial charge in [-0.15, -0.1) is 24.0 Å². The van der Waals surface area contributed by atoms with Gasteiger partial charge in [-0.1, -0.05) is 12.8 Å². The molecule has 2 saturated heterocycles. The molecule has 0 radical (unpaired) electrons. The number of carbonyl (C=O) groups excluding carboxylic acids is 1. The SMILES string of the molecule is CCNC(=NCCC(=O)N1CCCC1)N1CCC2(CCCC2)C1.I. The zero-order valence-electron chi connectivity index (χ0n) is 15.1. The summed E-state index contributed by atoms with van der Waals surface area (Å²) in [7, 11) is 0. The number of hydrogen-bond acceptors (Lipinski definition) is 2. The first kappa shape index (κ1) is 19.8. The molecule has 1 aliphatic carbocycles. The molecule has 2 heterocycles. The maximum Gasteiger partial charge on any atom is 0.224 e. The number of halogens is 1. The fraction of sp³-hybridized carbons (Fsp3) is 0.889. The largest absolute Gasteiger partial charge is 0.357 e. The maximum atomic E-state index is 12.1. The molecule has 24 heavy (non-hydrogen) atoms. The second-order valence-corrected chi connectivity index (χ2v) is 7.45. The smallest absolute Gasteiger partial charge is 0.224 e. The highest BCUT2D eigenvalue weighted by Crippen LogP contribution is 2.45. The fourth-order valence-electron chi connectivity index (χ4n) is 4.46. The lowest BCUT2D eigenvalue weighted by Gasteiger charge is -2.26. The molecule has 0 atom stereocenters. The second-order valence-electron chi connectivity index (χ2n) is 7.45. The number of amides is 1. The summed E-state index contributed by atoms with van der Waals surface area (Å²) in [5, 5.41) is 3.43. The van der Waals surface area contributed by atoms with Gasteiger partial charge in [0.15, 0.2) is 5.96 Å². The van der Waals surface area contributed by atoms with Crippen LogP contribution in [0.2, 0.25) is 0 Å². The van der Waals surface area contributed by atoms with Gasteiger partial charge in [-0.05, 0) is 44.4 Å². The Balaban J connectivity index is 0.00000208. The van der Waals surface area contributed by atoms with Crippen molar-refractivity contribution >= 4 is 35.8 Å². The summed E-state index contributed by atoms with van der Waals surface area (Å²) in [6, 6.07) is 0. The predicted molar refractivity (Wildman–Crippen MR) is 109 cm³/mol. The Morgan fingerprint density at radius 1 is 1.04 bits per heavy atom. The Bertz CT molecular complexity index is 442. The number of hydrogen-bond donors (Lipinski definition) is 1. The van der Waals surface area contributed by atoms with E-state index >= 15 is 0 Å². The van der Waals surface area contributed by atoms with Gasteiger partial charge in [0.05, 0.1) is 6.54 Å². The highest BCUT2D eigenvalue weighted by Gasteiger charge is 2.41. The minimum absolute atomic E-state index is 0. The van der Waals surface area contributed by atoms with E-state index in [1.54, 1.807) is 0 Å². The van der Waals surface area contributed by atoms with E-state index in [4.69, 9.17) is 4.99 Å². The molecule has 6 heteroatoms. The third-order valence-electron chi connectivity index (χ3n) is 5.78. The third-order valence-corrected chi connectivity index (χ3v) is 5.78. The normalized spacial score (nSPS) is 23.0. The fourth-order valence-corrected chi connectivity index (χ4v) is 4.46. The molecule has 1 amide bonds. The van der Waals surface area contributed by atoms with E-state index in [0.29, 0.717) is 18.4 Å². The van der Waals surface area contributed by atoms with Crippen molar-refractivity contribution in [3.05, 3.63) is 0 Å². The Morgan fingerprint density at radius 2 is 1.75 bits per heavy atom. The summed E-state index contributed by atoms with van der Waals surface area (Å²) in [6.45, 7) is 7.77. The van der Waals surface area contributed by atoms with E-state index in [0.717, 1.165) is 51.5 Å². The zero-order chi connectivity index (χ0) is 16.1. The summed E-state index contributed by atoms with van der Waals surface area (Å²) in [5.74, 6) is 1.29. The monoisotopic (exact) mass is 448 g/mol. The predicted octanol–water partition coefficient (Wildman–Crippen LogP) is 2.85. The van der Waals surface area contributed by atoms with E-state index in [2.05, 4.69) is 17.1 Å². The Hall–Kier alpha value is -0.530. The van der Waals surface area contributed by atoms with Crippen molar-refractivity contribution in [2.24, 2.45) is 10.4 Å². The average Bonchev–Trinajstić information content (AvgIpc) is 3.29. The van der Waals surface area contributed by atoms with E-state index in [1.807, 2.05) is 4.90 Å². The quantitative estimate of drug-likeness (QED) is 0.409. The van der Waals surface area contributed by atoms with Crippen molar-refractivity contribution in [3.8, 4) is 0 Å². The number of guanidine groups is 1. The molecule has 2 aliphatic heterocycles. The molecule has 3 aliphatic rings. The highest BCUT2D eigenvalue weighted by atomic mass is 127. The van der Waals surface area contributed by atoms with Gasteiger partial charge in [0.1, 0.15) is 0 Å². The zero-order valence-corrected chi connectivity index (χ0v) is 17.4. The Labute approximate surface area is 163 Å². The van der Waals surface area contributed by atoms with Gasteiger partial charge in [0.25, 0.3) is 0 Å². The first-order valence-electron chi connectivity index (χ1n) is 9.53. The van der Waals surface area contributed by atoms with Crippen LogP contribution in [0, 0.1) is 5.41 Å². The van der Waals surface area contributed by atoms with Crippen LogP contribution in [0.5, 0.6) is 0 Å². The van der Waals surface area contributed by atoms with Crippen LogP contribution in [-0.4, -0.2) is 60.9 Å². The topological polar surface area (TPSA) is 47.9 Å². The Kier molecular flexibility index (Phi) is 7.62. The van der Waals surface area contributed by atoms with Crippen molar-refractivity contribution in [1.29, 1.82) is 0 Å². The second kappa shape index (κ2) is 9.25. The highest BCUT2D eigenvalue weighted by molar-refractivity contribution is 14.0. The summed E-state index contributed by atoms with van der Waals surface area (Å²) in [5.41, 5.74) is 0.557.